The van der Waals surface area contributed by atoms with Crippen LogP contribution in [0, 0.1) is 6.92 Å². The molecule has 0 amide bonds. The molecule has 2 heterocycles. The molecule has 0 saturated carbocycles. The Bertz CT molecular complexity index is 644. The van der Waals surface area contributed by atoms with Crippen molar-refractivity contribution >= 4 is 28.9 Å². The molecule has 5 nitrogen and oxygen atoms in total. The maximum Gasteiger partial charge on any atom is 0.135 e. The lowest BCUT2D eigenvalue weighted by Gasteiger charge is -2.13. The number of hydrogen-bond acceptors (Lipinski definition) is 5. The molecule has 1 aromatic carbocycles. The van der Waals surface area contributed by atoms with Crippen LogP contribution >= 0.6 is 11.6 Å². The molecule has 0 aliphatic carbocycles. The highest BCUT2D eigenvalue weighted by Crippen LogP contribution is 2.25. The van der Waals surface area contributed by atoms with Crippen molar-refractivity contribution in [3.63, 3.8) is 0 Å². The van der Waals surface area contributed by atoms with Gasteiger partial charge in [-0.2, -0.15) is 0 Å². The molecule has 1 unspecified atom stereocenters. The summed E-state index contributed by atoms with van der Waals surface area (Å²) in [7, 11) is 0. The molecule has 1 atom stereocenters. The quantitative estimate of drug-likeness (QED) is 0.878. The fraction of sp³-hybridized carbons (Fsp3) is 0.375. The van der Waals surface area contributed by atoms with E-state index in [0.29, 0.717) is 0 Å². The standard InChI is InChI=1S/C16H19ClN4O/c1-11-13(17)5-2-6-14(11)21-16-8-15(19-10-20-16)18-9-12-4-3-7-22-12/h2,5-6,8,10,12H,3-4,7,9H2,1H3,(H2,18,19,20,21). The zero-order chi connectivity index (χ0) is 15.4. The summed E-state index contributed by atoms with van der Waals surface area (Å²) < 4.78 is 5.59. The Hall–Kier alpha value is -1.85. The van der Waals surface area contributed by atoms with E-state index in [4.69, 9.17) is 16.3 Å². The van der Waals surface area contributed by atoms with Crippen LogP contribution in [0.5, 0.6) is 0 Å². The fourth-order valence-electron chi connectivity index (χ4n) is 2.43. The van der Waals surface area contributed by atoms with Crippen LogP contribution < -0.4 is 10.6 Å². The van der Waals surface area contributed by atoms with E-state index in [1.807, 2.05) is 31.2 Å². The van der Waals surface area contributed by atoms with E-state index in [1.54, 1.807) is 6.33 Å². The third kappa shape index (κ3) is 3.67. The highest BCUT2D eigenvalue weighted by molar-refractivity contribution is 6.31. The Morgan fingerprint density at radius 2 is 2.18 bits per heavy atom. The van der Waals surface area contributed by atoms with Crippen LogP contribution in [0.4, 0.5) is 17.3 Å². The van der Waals surface area contributed by atoms with Crippen molar-refractivity contribution in [1.82, 2.24) is 9.97 Å². The molecule has 0 spiro atoms. The van der Waals surface area contributed by atoms with Gasteiger partial charge < -0.3 is 15.4 Å². The molecule has 22 heavy (non-hydrogen) atoms. The van der Waals surface area contributed by atoms with Crippen LogP contribution in [-0.4, -0.2) is 29.2 Å². The number of nitrogens with one attached hydrogen (secondary N) is 2. The Morgan fingerprint density at radius 1 is 1.32 bits per heavy atom. The number of nitrogens with zero attached hydrogens (tertiary/aromatic N) is 2. The summed E-state index contributed by atoms with van der Waals surface area (Å²) >= 11 is 6.13. The third-order valence-electron chi connectivity index (χ3n) is 3.73. The molecule has 1 aromatic heterocycles. The lowest BCUT2D eigenvalue weighted by atomic mass is 10.2. The molecule has 0 radical (unpaired) electrons. The number of anilines is 3. The summed E-state index contributed by atoms with van der Waals surface area (Å²) in [6.07, 6.45) is 4.06. The Balaban J connectivity index is 1.66. The monoisotopic (exact) mass is 318 g/mol. The van der Waals surface area contributed by atoms with E-state index in [-0.39, 0.29) is 6.10 Å². The summed E-state index contributed by atoms with van der Waals surface area (Å²) in [4.78, 5) is 8.49. The number of benzene rings is 1. The molecule has 6 heteroatoms. The lowest BCUT2D eigenvalue weighted by Crippen LogP contribution is -2.19. The normalized spacial score (nSPS) is 17.5. The first kappa shape index (κ1) is 15.1. The van der Waals surface area contributed by atoms with Crippen molar-refractivity contribution < 1.29 is 4.74 Å². The molecule has 2 aromatic rings. The topological polar surface area (TPSA) is 59.1 Å². The van der Waals surface area contributed by atoms with Crippen molar-refractivity contribution in [2.24, 2.45) is 0 Å². The maximum atomic E-state index is 6.13. The van der Waals surface area contributed by atoms with Gasteiger partial charge in [0.05, 0.1) is 6.10 Å². The lowest BCUT2D eigenvalue weighted by molar-refractivity contribution is 0.120. The van der Waals surface area contributed by atoms with Gasteiger partial charge in [-0.05, 0) is 37.5 Å². The van der Waals surface area contributed by atoms with Gasteiger partial charge in [0.2, 0.25) is 0 Å². The summed E-state index contributed by atoms with van der Waals surface area (Å²) in [5.74, 6) is 1.52. The van der Waals surface area contributed by atoms with E-state index in [2.05, 4.69) is 20.6 Å². The van der Waals surface area contributed by atoms with Crippen LogP contribution in [0.3, 0.4) is 0 Å². The van der Waals surface area contributed by atoms with Crippen molar-refractivity contribution in [3.05, 3.63) is 41.2 Å². The molecule has 1 saturated heterocycles. The smallest absolute Gasteiger partial charge is 0.135 e. The second kappa shape index (κ2) is 6.94. The van der Waals surface area contributed by atoms with Gasteiger partial charge in [-0.15, -0.1) is 0 Å². The van der Waals surface area contributed by atoms with Crippen LogP contribution in [0.2, 0.25) is 5.02 Å². The van der Waals surface area contributed by atoms with Gasteiger partial charge in [-0.3, -0.25) is 0 Å². The fourth-order valence-corrected chi connectivity index (χ4v) is 2.60. The molecule has 2 N–H and O–H groups in total. The van der Waals surface area contributed by atoms with E-state index < -0.39 is 0 Å². The first-order chi connectivity index (χ1) is 10.7. The van der Waals surface area contributed by atoms with Gasteiger partial charge in [-0.25, -0.2) is 9.97 Å². The minimum atomic E-state index is 0.279. The van der Waals surface area contributed by atoms with Crippen LogP contribution in [0.15, 0.2) is 30.6 Å². The van der Waals surface area contributed by atoms with Gasteiger partial charge in [0.1, 0.15) is 18.0 Å². The molecule has 1 fully saturated rings. The zero-order valence-electron chi connectivity index (χ0n) is 12.5. The predicted octanol–water partition coefficient (Wildman–Crippen LogP) is 3.77. The molecule has 1 aliphatic rings. The highest BCUT2D eigenvalue weighted by atomic mass is 35.5. The van der Waals surface area contributed by atoms with Crippen molar-refractivity contribution in [3.8, 4) is 0 Å². The average molecular weight is 319 g/mol. The van der Waals surface area contributed by atoms with Crippen molar-refractivity contribution in [1.29, 1.82) is 0 Å². The van der Waals surface area contributed by atoms with Crippen molar-refractivity contribution in [2.45, 2.75) is 25.9 Å². The Kier molecular flexibility index (Phi) is 4.75. The van der Waals surface area contributed by atoms with Crippen LogP contribution in [-0.2, 0) is 4.74 Å². The van der Waals surface area contributed by atoms with E-state index in [9.17, 15) is 0 Å². The zero-order valence-corrected chi connectivity index (χ0v) is 13.2. The van der Waals surface area contributed by atoms with Crippen molar-refractivity contribution in [2.75, 3.05) is 23.8 Å². The van der Waals surface area contributed by atoms with Gasteiger partial charge in [0.15, 0.2) is 0 Å². The molecular formula is C16H19ClN4O. The summed E-state index contributed by atoms with van der Waals surface area (Å²) in [5, 5.41) is 7.30. The van der Waals surface area contributed by atoms with Gasteiger partial charge in [0, 0.05) is 29.9 Å². The predicted molar refractivity (Wildman–Crippen MR) is 89.0 cm³/mol. The second-order valence-electron chi connectivity index (χ2n) is 5.34. The Morgan fingerprint density at radius 3 is 3.00 bits per heavy atom. The number of ether oxygens (including phenoxy) is 1. The molecule has 1 aliphatic heterocycles. The number of hydrogen-bond donors (Lipinski definition) is 2. The number of aromatic nitrogens is 2. The molecular weight excluding hydrogens is 300 g/mol. The van der Waals surface area contributed by atoms with Gasteiger partial charge in [-0.1, -0.05) is 17.7 Å². The molecule has 0 bridgehead atoms. The highest BCUT2D eigenvalue weighted by Gasteiger charge is 2.15. The SMILES string of the molecule is Cc1c(Cl)cccc1Nc1cc(NCC2CCCO2)ncn1. The summed E-state index contributed by atoms with van der Waals surface area (Å²) in [5.41, 5.74) is 1.94. The largest absolute Gasteiger partial charge is 0.376 e. The first-order valence-corrected chi connectivity index (χ1v) is 7.80. The molecule has 116 valence electrons. The molecule has 3 rings (SSSR count). The Labute approximate surface area is 135 Å². The average Bonchev–Trinajstić information content (AvgIpc) is 3.04. The van der Waals surface area contributed by atoms with Gasteiger partial charge in [0.25, 0.3) is 0 Å². The maximum absolute atomic E-state index is 6.13. The first-order valence-electron chi connectivity index (χ1n) is 7.42. The number of halogens is 1. The van der Waals surface area contributed by atoms with E-state index >= 15 is 0 Å². The summed E-state index contributed by atoms with van der Waals surface area (Å²) in [6.45, 7) is 3.60. The van der Waals surface area contributed by atoms with Crippen LogP contribution in [0.1, 0.15) is 18.4 Å². The minimum absolute atomic E-state index is 0.279. The summed E-state index contributed by atoms with van der Waals surface area (Å²) in [6, 6.07) is 7.64. The second-order valence-corrected chi connectivity index (χ2v) is 5.75. The number of rotatable bonds is 5. The van der Waals surface area contributed by atoms with E-state index in [1.165, 1.54) is 0 Å². The van der Waals surface area contributed by atoms with Gasteiger partial charge >= 0.3 is 0 Å². The van der Waals surface area contributed by atoms with E-state index in [0.717, 1.165) is 53.9 Å². The van der Waals surface area contributed by atoms with Crippen LogP contribution in [0.25, 0.3) is 0 Å². The minimum Gasteiger partial charge on any atom is -0.376 e. The third-order valence-corrected chi connectivity index (χ3v) is 4.14.